The Morgan fingerprint density at radius 1 is 1.04 bits per heavy atom. The summed E-state index contributed by atoms with van der Waals surface area (Å²) in [4.78, 5) is 11.8. The second-order valence-corrected chi connectivity index (χ2v) is 5.54. The normalized spacial score (nSPS) is 10.9. The molecule has 4 nitrogen and oxygen atoms in total. The lowest BCUT2D eigenvalue weighted by Crippen LogP contribution is -2.24. The zero-order valence-corrected chi connectivity index (χ0v) is 13.5. The van der Waals surface area contributed by atoms with Crippen LogP contribution in [0.2, 0.25) is 5.02 Å². The Kier molecular flexibility index (Phi) is 5.08. The summed E-state index contributed by atoms with van der Waals surface area (Å²) in [6.07, 6.45) is 1.63. The first-order chi connectivity index (χ1) is 11.7. The summed E-state index contributed by atoms with van der Waals surface area (Å²) in [6.45, 7) is -0.117. The number of fused-ring (bicyclic) bond motifs is 1. The summed E-state index contributed by atoms with van der Waals surface area (Å²) in [5.74, 6) is 0.244. The summed E-state index contributed by atoms with van der Waals surface area (Å²) in [5.41, 5.74) is 3.39. The molecular formula is C19H15ClN2O2. The molecule has 1 N–H and O–H groups in total. The van der Waals surface area contributed by atoms with Crippen molar-refractivity contribution in [3.8, 4) is 5.75 Å². The van der Waals surface area contributed by atoms with E-state index in [1.807, 2.05) is 42.5 Å². The maximum absolute atomic E-state index is 11.8. The Morgan fingerprint density at radius 3 is 2.62 bits per heavy atom. The number of hydrazone groups is 1. The highest BCUT2D eigenvalue weighted by Gasteiger charge is 2.02. The average molecular weight is 339 g/mol. The van der Waals surface area contributed by atoms with Gasteiger partial charge in [-0.2, -0.15) is 5.10 Å². The summed E-state index contributed by atoms with van der Waals surface area (Å²) < 4.78 is 5.35. The molecule has 120 valence electrons. The van der Waals surface area contributed by atoms with Gasteiger partial charge in [0.2, 0.25) is 0 Å². The van der Waals surface area contributed by atoms with Crippen molar-refractivity contribution in [2.45, 2.75) is 0 Å². The van der Waals surface area contributed by atoms with Crippen LogP contribution in [0, 0.1) is 0 Å². The minimum Gasteiger partial charge on any atom is -0.484 e. The van der Waals surface area contributed by atoms with E-state index in [0.29, 0.717) is 10.8 Å². The molecule has 0 aromatic heterocycles. The van der Waals surface area contributed by atoms with Crippen molar-refractivity contribution in [3.05, 3.63) is 77.3 Å². The van der Waals surface area contributed by atoms with Crippen LogP contribution in [0.5, 0.6) is 5.75 Å². The van der Waals surface area contributed by atoms with Crippen LogP contribution in [0.3, 0.4) is 0 Å². The van der Waals surface area contributed by atoms with Gasteiger partial charge in [-0.05, 0) is 35.0 Å². The first-order valence-corrected chi connectivity index (χ1v) is 7.78. The summed E-state index contributed by atoms with van der Waals surface area (Å²) in [7, 11) is 0. The second-order valence-electron chi connectivity index (χ2n) is 5.10. The summed E-state index contributed by atoms with van der Waals surface area (Å²) in [6, 6.07) is 20.7. The van der Waals surface area contributed by atoms with Gasteiger partial charge in [0, 0.05) is 10.6 Å². The Bertz CT molecular complexity index is 871. The largest absolute Gasteiger partial charge is 0.484 e. The van der Waals surface area contributed by atoms with Crippen LogP contribution in [0.25, 0.3) is 10.8 Å². The molecule has 0 heterocycles. The van der Waals surface area contributed by atoms with Crippen molar-refractivity contribution in [2.24, 2.45) is 5.10 Å². The van der Waals surface area contributed by atoms with Crippen LogP contribution in [-0.2, 0) is 4.79 Å². The van der Waals surface area contributed by atoms with E-state index in [9.17, 15) is 4.79 Å². The molecule has 0 spiro atoms. The number of halogens is 1. The smallest absolute Gasteiger partial charge is 0.277 e. The standard InChI is InChI=1S/C19H15ClN2O2/c20-16-8-10-17(11-9-16)24-13-19(23)22-21-12-15-6-3-5-14-4-1-2-7-18(14)15/h1-12H,13H2,(H,22,23). The lowest BCUT2D eigenvalue weighted by Gasteiger charge is -2.05. The van der Waals surface area contributed by atoms with Crippen molar-refractivity contribution in [2.75, 3.05) is 6.61 Å². The van der Waals surface area contributed by atoms with E-state index < -0.39 is 0 Å². The SMILES string of the molecule is O=C(COc1ccc(Cl)cc1)NN=Cc1cccc2ccccc12. The van der Waals surface area contributed by atoms with Gasteiger partial charge in [0.05, 0.1) is 6.21 Å². The van der Waals surface area contributed by atoms with E-state index in [4.69, 9.17) is 16.3 Å². The quantitative estimate of drug-likeness (QED) is 0.564. The van der Waals surface area contributed by atoms with Gasteiger partial charge >= 0.3 is 0 Å². The number of hydrogen-bond donors (Lipinski definition) is 1. The predicted octanol–water partition coefficient (Wildman–Crippen LogP) is 4.02. The molecule has 0 unspecified atom stereocenters. The predicted molar refractivity (Wildman–Crippen MR) is 96.6 cm³/mol. The molecule has 3 rings (SSSR count). The summed E-state index contributed by atoms with van der Waals surface area (Å²) >= 11 is 5.79. The highest BCUT2D eigenvalue weighted by molar-refractivity contribution is 6.30. The zero-order valence-electron chi connectivity index (χ0n) is 12.8. The second kappa shape index (κ2) is 7.62. The number of carbonyl (C=O) groups is 1. The van der Waals surface area contributed by atoms with Gasteiger partial charge in [-0.25, -0.2) is 5.43 Å². The molecule has 0 radical (unpaired) electrons. The Hall–Kier alpha value is -2.85. The topological polar surface area (TPSA) is 50.7 Å². The van der Waals surface area contributed by atoms with E-state index in [1.165, 1.54) is 0 Å². The van der Waals surface area contributed by atoms with Crippen LogP contribution < -0.4 is 10.2 Å². The van der Waals surface area contributed by atoms with Gasteiger partial charge in [-0.1, -0.05) is 54.1 Å². The molecule has 0 aliphatic heterocycles. The monoisotopic (exact) mass is 338 g/mol. The fraction of sp³-hybridized carbons (Fsp3) is 0.0526. The van der Waals surface area contributed by atoms with Gasteiger partial charge in [-0.15, -0.1) is 0 Å². The first kappa shape index (κ1) is 16.0. The highest BCUT2D eigenvalue weighted by Crippen LogP contribution is 2.17. The number of amides is 1. The maximum atomic E-state index is 11.8. The van der Waals surface area contributed by atoms with Crippen LogP contribution in [0.1, 0.15) is 5.56 Å². The third kappa shape index (κ3) is 4.12. The van der Waals surface area contributed by atoms with Crippen LogP contribution in [0.15, 0.2) is 71.8 Å². The Morgan fingerprint density at radius 2 is 1.79 bits per heavy atom. The molecule has 0 aliphatic rings. The fourth-order valence-electron chi connectivity index (χ4n) is 2.25. The van der Waals surface area contributed by atoms with Crippen LogP contribution >= 0.6 is 11.6 Å². The molecule has 0 atom stereocenters. The molecule has 0 bridgehead atoms. The lowest BCUT2D eigenvalue weighted by atomic mass is 10.1. The molecule has 0 fully saturated rings. The van der Waals surface area contributed by atoms with Gasteiger partial charge in [0.25, 0.3) is 5.91 Å². The molecular weight excluding hydrogens is 324 g/mol. The van der Waals surface area contributed by atoms with Crippen LogP contribution in [0.4, 0.5) is 0 Å². The van der Waals surface area contributed by atoms with E-state index >= 15 is 0 Å². The van der Waals surface area contributed by atoms with Gasteiger partial charge in [0.1, 0.15) is 5.75 Å². The van der Waals surface area contributed by atoms with Gasteiger partial charge in [-0.3, -0.25) is 4.79 Å². The number of nitrogens with one attached hydrogen (secondary N) is 1. The van der Waals surface area contributed by atoms with Crippen LogP contribution in [-0.4, -0.2) is 18.7 Å². The molecule has 5 heteroatoms. The minimum atomic E-state index is -0.332. The summed E-state index contributed by atoms with van der Waals surface area (Å²) in [5, 5.41) is 6.81. The maximum Gasteiger partial charge on any atom is 0.277 e. The van der Waals surface area contributed by atoms with Crippen molar-refractivity contribution < 1.29 is 9.53 Å². The molecule has 24 heavy (non-hydrogen) atoms. The third-order valence-corrected chi connectivity index (χ3v) is 3.65. The van der Waals surface area contributed by atoms with E-state index in [1.54, 1.807) is 30.5 Å². The van der Waals surface area contributed by atoms with E-state index in [-0.39, 0.29) is 12.5 Å². The Balaban J connectivity index is 1.57. The third-order valence-electron chi connectivity index (χ3n) is 3.40. The number of hydrogen-bond acceptors (Lipinski definition) is 3. The highest BCUT2D eigenvalue weighted by atomic mass is 35.5. The number of ether oxygens (including phenoxy) is 1. The van der Waals surface area contributed by atoms with Crippen molar-refractivity contribution in [1.82, 2.24) is 5.43 Å². The van der Waals surface area contributed by atoms with Gasteiger partial charge < -0.3 is 4.74 Å². The molecule has 1 amide bonds. The number of nitrogens with zero attached hydrogens (tertiary/aromatic N) is 1. The van der Waals surface area contributed by atoms with Crippen molar-refractivity contribution in [3.63, 3.8) is 0 Å². The van der Waals surface area contributed by atoms with E-state index in [2.05, 4.69) is 10.5 Å². The number of rotatable bonds is 5. The number of benzene rings is 3. The Labute approximate surface area is 144 Å². The molecule has 3 aromatic carbocycles. The first-order valence-electron chi connectivity index (χ1n) is 7.40. The molecule has 0 saturated carbocycles. The molecule has 0 aliphatic carbocycles. The number of carbonyl (C=O) groups excluding carboxylic acids is 1. The molecule has 3 aromatic rings. The zero-order chi connectivity index (χ0) is 16.8. The van der Waals surface area contributed by atoms with Crippen molar-refractivity contribution >= 4 is 34.5 Å². The van der Waals surface area contributed by atoms with E-state index in [0.717, 1.165) is 16.3 Å². The lowest BCUT2D eigenvalue weighted by molar-refractivity contribution is -0.123. The minimum absolute atomic E-state index is 0.117. The average Bonchev–Trinajstić information content (AvgIpc) is 2.61. The van der Waals surface area contributed by atoms with Crippen molar-refractivity contribution in [1.29, 1.82) is 0 Å². The fourth-order valence-corrected chi connectivity index (χ4v) is 2.37. The van der Waals surface area contributed by atoms with Gasteiger partial charge in [0.15, 0.2) is 6.61 Å². The molecule has 0 saturated heterocycles.